The van der Waals surface area contributed by atoms with Gasteiger partial charge in [0.05, 0.1) is 6.61 Å². The second-order valence-electron chi connectivity index (χ2n) is 4.92. The molecule has 118 valence electrons. The molecule has 6 N–H and O–H groups in total. The van der Waals surface area contributed by atoms with Crippen LogP contribution in [0.2, 0.25) is 0 Å². The lowest BCUT2D eigenvalue weighted by atomic mass is 10.1. The van der Waals surface area contributed by atoms with E-state index in [1.807, 2.05) is 0 Å². The first-order chi connectivity index (χ1) is 10.6. The number of aromatic nitrogens is 3. The van der Waals surface area contributed by atoms with Crippen LogP contribution in [0.3, 0.4) is 0 Å². The number of nitrogens with two attached hydrogens (primary N) is 1. The van der Waals surface area contributed by atoms with Crippen LogP contribution in [0.5, 0.6) is 0 Å². The lowest BCUT2D eigenvalue weighted by Crippen LogP contribution is -2.33. The number of amidine groups is 1. The Hall–Kier alpha value is -2.27. The normalized spacial score (nSPS) is 29.3. The van der Waals surface area contributed by atoms with Crippen molar-refractivity contribution in [3.05, 3.63) is 24.3 Å². The quantitative estimate of drug-likeness (QED) is 0.191. The van der Waals surface area contributed by atoms with Crippen molar-refractivity contribution in [2.45, 2.75) is 24.5 Å². The van der Waals surface area contributed by atoms with E-state index in [9.17, 15) is 10.2 Å². The molecular formula is C12H15N5O5. The molecule has 1 saturated heterocycles. The maximum atomic E-state index is 10.1. The van der Waals surface area contributed by atoms with Crippen LogP contribution in [0.15, 0.2) is 23.9 Å². The fraction of sp³-hybridized carbons (Fsp3) is 0.417. The molecule has 0 unspecified atom stereocenters. The molecule has 1 aliphatic heterocycles. The highest BCUT2D eigenvalue weighted by Crippen LogP contribution is 2.32. The van der Waals surface area contributed by atoms with Gasteiger partial charge in [-0.2, -0.15) is 0 Å². The zero-order valence-corrected chi connectivity index (χ0v) is 11.3. The third kappa shape index (κ3) is 2.09. The molecule has 1 aliphatic rings. The highest BCUT2D eigenvalue weighted by atomic mass is 16.6. The summed E-state index contributed by atoms with van der Waals surface area (Å²) in [4.78, 5) is 7.98. The van der Waals surface area contributed by atoms with Gasteiger partial charge in [0.2, 0.25) is 0 Å². The molecule has 2 aromatic rings. The van der Waals surface area contributed by atoms with Crippen molar-refractivity contribution >= 4 is 16.9 Å². The van der Waals surface area contributed by atoms with Crippen LogP contribution < -0.4 is 5.73 Å². The standard InChI is InChI=1S/C12H15N5O5/c13-10(16-21)6-2-17(11-5(6)1-14-4-15-11)12-9(20)8(19)7(3-18)22-12/h1-2,4,7-9,12,18-21H,3H2,(H2,13,16)/t7-,8-,9-,12-/m1/s1. The highest BCUT2D eigenvalue weighted by Gasteiger charge is 2.44. The van der Waals surface area contributed by atoms with Crippen molar-refractivity contribution in [2.75, 3.05) is 6.61 Å². The lowest BCUT2D eigenvalue weighted by molar-refractivity contribution is -0.0508. The number of ether oxygens (including phenoxy) is 1. The molecule has 10 nitrogen and oxygen atoms in total. The van der Waals surface area contributed by atoms with Crippen molar-refractivity contribution in [3.63, 3.8) is 0 Å². The summed E-state index contributed by atoms with van der Waals surface area (Å²) in [5.41, 5.74) is 6.36. The SMILES string of the molecule is N/C(=N\O)c1cn([C@@H]2O[C@H](CO)[C@@H](O)[C@H]2O)c2ncncc12. The maximum Gasteiger partial charge on any atom is 0.172 e. The molecule has 0 aliphatic carbocycles. The molecule has 3 heterocycles. The van der Waals surface area contributed by atoms with Crippen LogP contribution >= 0.6 is 0 Å². The number of oxime groups is 1. The molecule has 4 atom stereocenters. The predicted octanol–water partition coefficient (Wildman–Crippen LogP) is -1.86. The van der Waals surface area contributed by atoms with Crippen LogP contribution in [0.1, 0.15) is 11.8 Å². The second kappa shape index (κ2) is 5.50. The molecule has 0 spiro atoms. The summed E-state index contributed by atoms with van der Waals surface area (Å²) in [5.74, 6) is -0.148. The minimum atomic E-state index is -1.26. The average molecular weight is 309 g/mol. The van der Waals surface area contributed by atoms with Crippen LogP contribution in [0, 0.1) is 0 Å². The summed E-state index contributed by atoms with van der Waals surface area (Å²) in [6.07, 6.45) is -0.112. The van der Waals surface area contributed by atoms with Crippen molar-refractivity contribution in [3.8, 4) is 0 Å². The number of hydrogen-bond donors (Lipinski definition) is 5. The fourth-order valence-corrected chi connectivity index (χ4v) is 2.55. The van der Waals surface area contributed by atoms with E-state index >= 15 is 0 Å². The summed E-state index contributed by atoms with van der Waals surface area (Å²) in [6, 6.07) is 0. The Labute approximate surface area is 124 Å². The van der Waals surface area contributed by atoms with Crippen LogP contribution in [0.25, 0.3) is 11.0 Å². The molecule has 22 heavy (non-hydrogen) atoms. The lowest BCUT2D eigenvalue weighted by Gasteiger charge is -2.17. The van der Waals surface area contributed by atoms with Gasteiger partial charge in [0.1, 0.15) is 30.3 Å². The molecule has 10 heteroatoms. The Morgan fingerprint density at radius 2 is 2.18 bits per heavy atom. The van der Waals surface area contributed by atoms with Gasteiger partial charge in [0, 0.05) is 23.3 Å². The number of rotatable bonds is 3. The van der Waals surface area contributed by atoms with E-state index in [0.717, 1.165) is 0 Å². The minimum Gasteiger partial charge on any atom is -0.409 e. The molecule has 3 rings (SSSR count). The van der Waals surface area contributed by atoms with Gasteiger partial charge in [0.15, 0.2) is 12.1 Å². The molecule has 2 aromatic heterocycles. The second-order valence-corrected chi connectivity index (χ2v) is 4.92. The molecular weight excluding hydrogens is 294 g/mol. The summed E-state index contributed by atoms with van der Waals surface area (Å²) in [7, 11) is 0. The predicted molar refractivity (Wildman–Crippen MR) is 73.0 cm³/mol. The largest absolute Gasteiger partial charge is 0.409 e. The van der Waals surface area contributed by atoms with E-state index in [1.54, 1.807) is 0 Å². The van der Waals surface area contributed by atoms with Gasteiger partial charge in [-0.05, 0) is 0 Å². The molecule has 0 amide bonds. The zero-order valence-electron chi connectivity index (χ0n) is 11.3. The summed E-state index contributed by atoms with van der Waals surface area (Å²) in [6.45, 7) is -0.435. The first-order valence-corrected chi connectivity index (χ1v) is 6.49. The van der Waals surface area contributed by atoms with Gasteiger partial charge in [-0.25, -0.2) is 9.97 Å². The zero-order chi connectivity index (χ0) is 15.9. The summed E-state index contributed by atoms with van der Waals surface area (Å²) in [5, 5.41) is 41.4. The fourth-order valence-electron chi connectivity index (χ4n) is 2.55. The minimum absolute atomic E-state index is 0.148. The van der Waals surface area contributed by atoms with Gasteiger partial charge in [-0.1, -0.05) is 5.16 Å². The maximum absolute atomic E-state index is 10.1. The Morgan fingerprint density at radius 3 is 2.82 bits per heavy atom. The van der Waals surface area contributed by atoms with Gasteiger partial charge >= 0.3 is 0 Å². The number of aliphatic hydroxyl groups is 3. The average Bonchev–Trinajstić information content (AvgIpc) is 3.06. The van der Waals surface area contributed by atoms with E-state index in [0.29, 0.717) is 16.6 Å². The van der Waals surface area contributed by atoms with Crippen molar-refractivity contribution in [1.29, 1.82) is 0 Å². The van der Waals surface area contributed by atoms with Crippen LogP contribution in [-0.4, -0.2) is 65.8 Å². The van der Waals surface area contributed by atoms with Gasteiger partial charge in [0.25, 0.3) is 0 Å². The Kier molecular flexibility index (Phi) is 3.66. The third-order valence-corrected chi connectivity index (χ3v) is 3.67. The van der Waals surface area contributed by atoms with E-state index in [4.69, 9.17) is 20.8 Å². The number of aliphatic hydroxyl groups excluding tert-OH is 3. The topological polar surface area (TPSA) is 159 Å². The number of fused-ring (bicyclic) bond motifs is 1. The first-order valence-electron chi connectivity index (χ1n) is 6.49. The van der Waals surface area contributed by atoms with Gasteiger partial charge in [-0.3, -0.25) is 0 Å². The highest BCUT2D eigenvalue weighted by molar-refractivity contribution is 6.07. The molecule has 0 bridgehead atoms. The van der Waals surface area contributed by atoms with Crippen molar-refractivity contribution in [1.82, 2.24) is 14.5 Å². The Balaban J connectivity index is 2.12. The summed E-state index contributed by atoms with van der Waals surface area (Å²) >= 11 is 0. The number of nitrogens with zero attached hydrogens (tertiary/aromatic N) is 4. The van der Waals surface area contributed by atoms with E-state index in [2.05, 4.69) is 15.1 Å². The Morgan fingerprint density at radius 1 is 1.41 bits per heavy atom. The smallest absolute Gasteiger partial charge is 0.172 e. The molecule has 0 aromatic carbocycles. The molecule has 0 radical (unpaired) electrons. The third-order valence-electron chi connectivity index (χ3n) is 3.67. The van der Waals surface area contributed by atoms with Crippen molar-refractivity contribution in [2.24, 2.45) is 10.9 Å². The van der Waals surface area contributed by atoms with E-state index in [1.165, 1.54) is 23.3 Å². The van der Waals surface area contributed by atoms with Gasteiger partial charge < -0.3 is 35.6 Å². The summed E-state index contributed by atoms with van der Waals surface area (Å²) < 4.78 is 6.92. The number of hydrogen-bond acceptors (Lipinski definition) is 8. The van der Waals surface area contributed by atoms with Crippen LogP contribution in [0.4, 0.5) is 0 Å². The van der Waals surface area contributed by atoms with Crippen LogP contribution in [-0.2, 0) is 4.74 Å². The van der Waals surface area contributed by atoms with E-state index < -0.39 is 31.1 Å². The monoisotopic (exact) mass is 309 g/mol. The van der Waals surface area contributed by atoms with Crippen molar-refractivity contribution < 1.29 is 25.3 Å². The molecule has 1 fully saturated rings. The first kappa shape index (κ1) is 14.7. The Bertz CT molecular complexity index is 717. The van der Waals surface area contributed by atoms with E-state index in [-0.39, 0.29) is 5.84 Å². The molecule has 0 saturated carbocycles. The van der Waals surface area contributed by atoms with Gasteiger partial charge in [-0.15, -0.1) is 0 Å².